The molecule has 1 atom stereocenters. The van der Waals surface area contributed by atoms with Crippen molar-refractivity contribution in [1.82, 2.24) is 5.32 Å². The van der Waals surface area contributed by atoms with Crippen LogP contribution in [0.1, 0.15) is 6.42 Å². The molecule has 0 aromatic carbocycles. The summed E-state index contributed by atoms with van der Waals surface area (Å²) < 4.78 is 0. The minimum Gasteiger partial charge on any atom is -0.667 e. The van der Waals surface area contributed by atoms with Gasteiger partial charge in [-0.1, -0.05) is 6.04 Å². The molecule has 1 rings (SSSR count). The molecule has 8 heavy (non-hydrogen) atoms. The molecule has 0 aromatic rings. The Bertz CT molecular complexity index is 96.0. The summed E-state index contributed by atoms with van der Waals surface area (Å²) in [6.07, 6.45) is 0.679. The van der Waals surface area contributed by atoms with Crippen molar-refractivity contribution in [2.45, 2.75) is 12.5 Å². The van der Waals surface area contributed by atoms with Gasteiger partial charge in [0.15, 0.2) is 0 Å². The van der Waals surface area contributed by atoms with Crippen molar-refractivity contribution in [3.63, 3.8) is 0 Å². The van der Waals surface area contributed by atoms with E-state index in [0.29, 0.717) is 13.0 Å². The largest absolute Gasteiger partial charge is 1.00 e. The van der Waals surface area contributed by atoms with Crippen molar-refractivity contribution in [2.75, 3.05) is 6.54 Å². The predicted octanol–water partition coefficient (Wildman–Crippen LogP) is -3.07. The van der Waals surface area contributed by atoms with Crippen LogP contribution in [0.4, 0.5) is 0 Å². The number of carbonyl (C=O) groups is 1. The van der Waals surface area contributed by atoms with E-state index in [1.165, 1.54) is 0 Å². The Morgan fingerprint density at radius 3 is 2.50 bits per heavy atom. The quantitative estimate of drug-likeness (QED) is 0.427. The first-order chi connectivity index (χ1) is 3.30. The summed E-state index contributed by atoms with van der Waals surface area (Å²) in [4.78, 5) is 10.3. The molecular formula is C4H7N2ORb. The second kappa shape index (κ2) is 4.12. The van der Waals surface area contributed by atoms with Crippen molar-refractivity contribution >= 4 is 5.91 Å². The number of amides is 1. The maximum absolute atomic E-state index is 10.3. The molecule has 0 aliphatic carbocycles. The Kier molecular flexibility index (Phi) is 4.75. The van der Waals surface area contributed by atoms with Crippen LogP contribution in [0, 0.1) is 0 Å². The molecule has 1 amide bonds. The average Bonchev–Trinajstić information content (AvgIpc) is 1.91. The molecule has 1 fully saturated rings. The molecule has 1 aliphatic rings. The summed E-state index contributed by atoms with van der Waals surface area (Å²) in [5.74, 6) is -0.125. The molecular weight excluding hydrogens is 178 g/mol. The van der Waals surface area contributed by atoms with Crippen LogP contribution < -0.4 is 63.5 Å². The number of nitrogens with one attached hydrogen (secondary N) is 2. The standard InChI is InChI=1S/C4H7N2O.Rb/c5-3-1-2-6-4(3)7;/h3,5H,1-2H2,(H,6,7);/q-1;+1. The van der Waals surface area contributed by atoms with Gasteiger partial charge in [-0.2, -0.15) is 0 Å². The van der Waals surface area contributed by atoms with Gasteiger partial charge in [0.25, 0.3) is 0 Å². The Morgan fingerprint density at radius 1 is 1.75 bits per heavy atom. The fraction of sp³-hybridized carbons (Fsp3) is 0.750. The first-order valence-electron chi connectivity index (χ1n) is 2.29. The summed E-state index contributed by atoms with van der Waals surface area (Å²) in [6.45, 7) is 0.688. The average molecular weight is 185 g/mol. The zero-order valence-electron chi connectivity index (χ0n) is 4.90. The maximum atomic E-state index is 10.3. The van der Waals surface area contributed by atoms with E-state index in [1.54, 1.807) is 0 Å². The SMILES string of the molecule is [NH-]C1CCNC1=O.[Rb+]. The number of hydrogen-bond donors (Lipinski definition) is 1. The maximum Gasteiger partial charge on any atom is 1.00 e. The predicted molar refractivity (Wildman–Crippen MR) is 25.7 cm³/mol. The summed E-state index contributed by atoms with van der Waals surface area (Å²) in [5.41, 5.74) is 6.93. The third-order valence-electron chi connectivity index (χ3n) is 1.05. The van der Waals surface area contributed by atoms with E-state index in [0.717, 1.165) is 0 Å². The molecule has 0 bridgehead atoms. The Labute approximate surface area is 97.2 Å². The molecule has 4 heteroatoms. The van der Waals surface area contributed by atoms with Crippen molar-refractivity contribution in [2.24, 2.45) is 0 Å². The van der Waals surface area contributed by atoms with E-state index in [1.807, 2.05) is 0 Å². The molecule has 0 saturated carbocycles. The molecule has 0 spiro atoms. The van der Waals surface area contributed by atoms with Gasteiger partial charge in [-0.25, -0.2) is 0 Å². The van der Waals surface area contributed by atoms with Crippen LogP contribution in [0.2, 0.25) is 0 Å². The molecule has 1 unspecified atom stereocenters. The van der Waals surface area contributed by atoms with E-state index >= 15 is 0 Å². The van der Waals surface area contributed by atoms with E-state index in [-0.39, 0.29) is 64.1 Å². The van der Waals surface area contributed by atoms with E-state index < -0.39 is 6.04 Å². The van der Waals surface area contributed by atoms with Gasteiger partial charge in [-0.3, -0.25) is 4.79 Å². The van der Waals surface area contributed by atoms with Gasteiger partial charge in [0.2, 0.25) is 5.91 Å². The van der Waals surface area contributed by atoms with Crippen LogP contribution in [0.3, 0.4) is 0 Å². The van der Waals surface area contributed by atoms with Gasteiger partial charge in [-0.05, 0) is 6.42 Å². The monoisotopic (exact) mass is 184 g/mol. The van der Waals surface area contributed by atoms with Crippen LogP contribution >= 0.6 is 0 Å². The minimum absolute atomic E-state index is 0. The summed E-state index contributed by atoms with van der Waals surface area (Å²) in [5, 5.41) is 2.54. The zero-order valence-corrected chi connectivity index (χ0v) is 9.82. The summed E-state index contributed by atoms with van der Waals surface area (Å²) in [7, 11) is 0. The molecule has 1 heterocycles. The normalized spacial score (nSPS) is 26.6. The van der Waals surface area contributed by atoms with E-state index in [4.69, 9.17) is 5.73 Å². The number of carbonyl (C=O) groups excluding carboxylic acids is 1. The Morgan fingerprint density at radius 2 is 2.38 bits per heavy atom. The van der Waals surface area contributed by atoms with Crippen LogP contribution in [0.25, 0.3) is 5.73 Å². The smallest absolute Gasteiger partial charge is 0.667 e. The van der Waals surface area contributed by atoms with Crippen molar-refractivity contribution in [3.05, 3.63) is 5.73 Å². The molecule has 2 N–H and O–H groups in total. The number of rotatable bonds is 0. The van der Waals surface area contributed by atoms with Gasteiger partial charge < -0.3 is 11.1 Å². The fourth-order valence-electron chi connectivity index (χ4n) is 0.594. The summed E-state index contributed by atoms with van der Waals surface area (Å²) in [6, 6.07) is -0.486. The molecule has 0 radical (unpaired) electrons. The van der Waals surface area contributed by atoms with Crippen molar-refractivity contribution in [1.29, 1.82) is 0 Å². The minimum atomic E-state index is -0.486. The molecule has 40 valence electrons. The van der Waals surface area contributed by atoms with Gasteiger partial charge in [0.05, 0.1) is 0 Å². The van der Waals surface area contributed by atoms with Crippen molar-refractivity contribution in [3.8, 4) is 0 Å². The molecule has 3 nitrogen and oxygen atoms in total. The van der Waals surface area contributed by atoms with Gasteiger partial charge in [0, 0.05) is 6.54 Å². The third kappa shape index (κ3) is 2.23. The summed E-state index contributed by atoms with van der Waals surface area (Å²) >= 11 is 0. The molecule has 1 saturated heterocycles. The van der Waals surface area contributed by atoms with E-state index in [9.17, 15) is 4.79 Å². The number of hydrogen-bond acceptors (Lipinski definition) is 1. The Hall–Kier alpha value is 1.24. The second-order valence-electron chi connectivity index (χ2n) is 1.63. The van der Waals surface area contributed by atoms with Crippen LogP contribution in [-0.2, 0) is 4.79 Å². The van der Waals surface area contributed by atoms with Gasteiger partial charge >= 0.3 is 58.2 Å². The van der Waals surface area contributed by atoms with Gasteiger partial charge in [-0.15, -0.1) is 0 Å². The second-order valence-corrected chi connectivity index (χ2v) is 1.63. The first kappa shape index (κ1) is 9.24. The fourth-order valence-corrected chi connectivity index (χ4v) is 0.594. The molecule has 1 aliphatic heterocycles. The first-order valence-corrected chi connectivity index (χ1v) is 2.29. The van der Waals surface area contributed by atoms with Crippen LogP contribution in [-0.4, -0.2) is 18.5 Å². The van der Waals surface area contributed by atoms with Crippen molar-refractivity contribution < 1.29 is 63.0 Å². The molecule has 0 aromatic heterocycles. The Balaban J connectivity index is 0.000000490. The van der Waals surface area contributed by atoms with E-state index in [2.05, 4.69) is 5.32 Å². The van der Waals surface area contributed by atoms with Crippen LogP contribution in [0.5, 0.6) is 0 Å². The third-order valence-corrected chi connectivity index (χ3v) is 1.05. The topological polar surface area (TPSA) is 52.9 Å². The van der Waals surface area contributed by atoms with Crippen LogP contribution in [0.15, 0.2) is 0 Å². The zero-order chi connectivity index (χ0) is 5.28. The van der Waals surface area contributed by atoms with Gasteiger partial charge in [0.1, 0.15) is 0 Å².